The van der Waals surface area contributed by atoms with Crippen molar-refractivity contribution in [2.24, 2.45) is 11.1 Å². The average molecular weight is 675 g/mol. The van der Waals surface area contributed by atoms with Crippen LogP contribution in [-0.4, -0.2) is 71.8 Å². The first kappa shape index (κ1) is 32.8. The van der Waals surface area contributed by atoms with E-state index in [1.54, 1.807) is 6.07 Å². The van der Waals surface area contributed by atoms with Crippen LogP contribution in [0.4, 0.5) is 21.5 Å². The Morgan fingerprint density at radius 3 is 2.35 bits per heavy atom. The van der Waals surface area contributed by atoms with Crippen LogP contribution in [0.1, 0.15) is 46.8 Å². The van der Waals surface area contributed by atoms with Crippen molar-refractivity contribution in [1.82, 2.24) is 9.80 Å². The van der Waals surface area contributed by atoms with Crippen LogP contribution in [0.25, 0.3) is 0 Å². The number of carboxylic acid groups (broad SMARTS) is 1. The third-order valence-corrected chi connectivity index (χ3v) is 9.97. The molecule has 0 bridgehead atoms. The molecule has 0 aromatic heterocycles. The molecule has 0 radical (unpaired) electrons. The van der Waals surface area contributed by atoms with Crippen molar-refractivity contribution in [3.8, 4) is 0 Å². The fraction of sp³-hybridized carbons (Fsp3) is 0.314. The largest absolute Gasteiger partial charge is 0.478 e. The van der Waals surface area contributed by atoms with E-state index in [1.165, 1.54) is 47.5 Å². The molecule has 1 atom stereocenters. The fourth-order valence-electron chi connectivity index (χ4n) is 6.99. The number of rotatable bonds is 7. The molecule has 1 unspecified atom stereocenters. The maximum Gasteiger partial charge on any atom is 0.335 e. The number of carbonyl (C=O) groups excluding carboxylic acids is 3. The van der Waals surface area contributed by atoms with Gasteiger partial charge in [-0.25, -0.2) is 9.18 Å². The lowest BCUT2D eigenvalue weighted by Crippen LogP contribution is -2.48. The summed E-state index contributed by atoms with van der Waals surface area (Å²) < 4.78 is 14.5. The van der Waals surface area contributed by atoms with Crippen LogP contribution in [0, 0.1) is 11.2 Å². The minimum absolute atomic E-state index is 0.0280. The number of likely N-dealkylation sites (tertiary alicyclic amines) is 1. The molecule has 5 N–H and O–H groups in total. The normalized spacial score (nSPS) is 18.9. The quantitative estimate of drug-likeness (QED) is 0.266. The maximum absolute atomic E-state index is 14.5. The number of carbonyl (C=O) groups is 4. The van der Waals surface area contributed by atoms with Crippen molar-refractivity contribution in [1.29, 1.82) is 0 Å². The summed E-state index contributed by atoms with van der Waals surface area (Å²) in [6.45, 7) is 2.31. The van der Waals surface area contributed by atoms with Crippen molar-refractivity contribution in [2.75, 3.05) is 48.8 Å². The molecule has 6 rings (SSSR count). The third-order valence-electron chi connectivity index (χ3n) is 9.67. The number of piperidine rings is 1. The van der Waals surface area contributed by atoms with Gasteiger partial charge in [0.25, 0.3) is 11.8 Å². The Morgan fingerprint density at radius 1 is 1.00 bits per heavy atom. The van der Waals surface area contributed by atoms with E-state index in [0.29, 0.717) is 30.8 Å². The predicted molar refractivity (Wildman–Crippen MR) is 180 cm³/mol. The lowest BCUT2D eigenvalue weighted by molar-refractivity contribution is -0.136. The summed E-state index contributed by atoms with van der Waals surface area (Å²) in [5.74, 6) is -2.73. The van der Waals surface area contributed by atoms with Gasteiger partial charge < -0.3 is 36.2 Å². The monoisotopic (exact) mass is 674 g/mol. The molecule has 3 aromatic rings. The number of anilines is 3. The van der Waals surface area contributed by atoms with E-state index < -0.39 is 29.6 Å². The highest BCUT2D eigenvalue weighted by Crippen LogP contribution is 2.44. The molecular weight excluding hydrogens is 639 g/mol. The first-order chi connectivity index (χ1) is 23.0. The number of aromatic carboxylic acids is 1. The number of amides is 3. The van der Waals surface area contributed by atoms with E-state index in [-0.39, 0.29) is 39.8 Å². The molecule has 3 heterocycles. The van der Waals surface area contributed by atoms with Crippen molar-refractivity contribution in [3.63, 3.8) is 0 Å². The minimum Gasteiger partial charge on any atom is -0.478 e. The highest BCUT2D eigenvalue weighted by Gasteiger charge is 2.47. The Labute approximate surface area is 282 Å². The number of hydrogen-bond acceptors (Lipinski definition) is 7. The van der Waals surface area contributed by atoms with Gasteiger partial charge in [-0.15, -0.1) is 0 Å². The molecule has 48 heavy (non-hydrogen) atoms. The van der Waals surface area contributed by atoms with Gasteiger partial charge in [0.1, 0.15) is 11.7 Å². The molecular formula is C35H36ClFN6O5. The number of fused-ring (bicyclic) bond motifs is 1. The molecule has 0 saturated carbocycles. The lowest BCUT2D eigenvalue weighted by atomic mass is 9.76. The number of benzene rings is 3. The topological polar surface area (TPSA) is 148 Å². The number of nitrogens with one attached hydrogen (secondary N) is 2. The zero-order valence-corrected chi connectivity index (χ0v) is 27.1. The summed E-state index contributed by atoms with van der Waals surface area (Å²) in [6, 6.07) is 14.7. The van der Waals surface area contributed by atoms with E-state index in [0.717, 1.165) is 37.1 Å². The molecule has 3 aromatic carbocycles. The van der Waals surface area contributed by atoms with Crippen LogP contribution in [0.3, 0.4) is 0 Å². The minimum atomic E-state index is -1.10. The summed E-state index contributed by atoms with van der Waals surface area (Å²) >= 11 is 5.88. The SMILES string of the molecule is CN1CCC2(CCN(c3cccc4c3CCN(C(=O)/C(N)=C/Nc3cccc(Cl)c3F)C4C(=O)Nc3ccc(C(=O)O)cc3)CC2)C1=O. The molecule has 2 saturated heterocycles. The van der Waals surface area contributed by atoms with Crippen molar-refractivity contribution < 1.29 is 28.7 Å². The molecule has 2 fully saturated rings. The summed E-state index contributed by atoms with van der Waals surface area (Å²) in [7, 11) is 1.85. The first-order valence-electron chi connectivity index (χ1n) is 15.7. The second-order valence-corrected chi connectivity index (χ2v) is 12.9. The zero-order valence-electron chi connectivity index (χ0n) is 26.3. The zero-order chi connectivity index (χ0) is 34.2. The summed E-state index contributed by atoms with van der Waals surface area (Å²) in [5, 5.41) is 14.7. The van der Waals surface area contributed by atoms with E-state index in [2.05, 4.69) is 15.5 Å². The molecule has 3 aliphatic rings. The standard InChI is InChI=1S/C35H36ClFN6O5/c1-41-17-13-35(34(41)48)14-18-42(19-15-35)28-7-2-4-24-23(28)12-16-43(30(24)31(44)40-22-10-8-21(9-11-22)33(46)47)32(45)26(38)20-39-27-6-3-5-25(36)29(27)37/h2-11,20,30,39H,12-19,38H2,1H3,(H,40,44)(H,46,47)/b26-20-. The van der Waals surface area contributed by atoms with Crippen LogP contribution in [0.2, 0.25) is 5.02 Å². The molecule has 13 heteroatoms. The second-order valence-electron chi connectivity index (χ2n) is 12.5. The highest BCUT2D eigenvalue weighted by molar-refractivity contribution is 6.31. The van der Waals surface area contributed by atoms with Gasteiger partial charge in [0, 0.05) is 50.8 Å². The van der Waals surface area contributed by atoms with Gasteiger partial charge >= 0.3 is 5.97 Å². The molecule has 11 nitrogen and oxygen atoms in total. The smallest absolute Gasteiger partial charge is 0.335 e. The van der Waals surface area contributed by atoms with E-state index in [1.807, 2.05) is 30.1 Å². The van der Waals surface area contributed by atoms with Gasteiger partial charge in [-0.05, 0) is 79.3 Å². The Balaban J connectivity index is 1.30. The predicted octanol–water partition coefficient (Wildman–Crippen LogP) is 4.60. The van der Waals surface area contributed by atoms with Gasteiger partial charge in [0.15, 0.2) is 5.82 Å². The summed E-state index contributed by atoms with van der Waals surface area (Å²) in [5.41, 5.74) is 8.60. The third kappa shape index (κ3) is 6.15. The first-order valence-corrected chi connectivity index (χ1v) is 16.1. The van der Waals surface area contributed by atoms with Crippen LogP contribution < -0.4 is 21.3 Å². The molecule has 0 aliphatic carbocycles. The summed E-state index contributed by atoms with van der Waals surface area (Å²) in [6.07, 6.45) is 3.95. The van der Waals surface area contributed by atoms with Crippen LogP contribution in [0.15, 0.2) is 72.6 Å². The van der Waals surface area contributed by atoms with Gasteiger partial charge in [-0.1, -0.05) is 29.8 Å². The van der Waals surface area contributed by atoms with Gasteiger partial charge in [-0.2, -0.15) is 0 Å². The summed E-state index contributed by atoms with van der Waals surface area (Å²) in [4.78, 5) is 57.6. The van der Waals surface area contributed by atoms with E-state index in [4.69, 9.17) is 17.3 Å². The number of hydrogen-bond donors (Lipinski definition) is 4. The second kappa shape index (κ2) is 13.2. The average Bonchev–Trinajstić information content (AvgIpc) is 3.36. The van der Waals surface area contributed by atoms with Crippen molar-refractivity contribution >= 4 is 52.4 Å². The Morgan fingerprint density at radius 2 is 1.69 bits per heavy atom. The number of nitrogens with two attached hydrogens (primary N) is 1. The number of halogens is 2. The van der Waals surface area contributed by atoms with Gasteiger partial charge in [-0.3, -0.25) is 14.4 Å². The molecule has 1 spiro atoms. The number of nitrogens with zero attached hydrogens (tertiary/aromatic N) is 3. The molecule has 3 aliphatic heterocycles. The van der Waals surface area contributed by atoms with Crippen molar-refractivity contribution in [3.05, 3.63) is 100 Å². The Kier molecular flexibility index (Phi) is 9.02. The molecule has 3 amide bonds. The number of carboxylic acids is 1. The van der Waals surface area contributed by atoms with Crippen LogP contribution >= 0.6 is 11.6 Å². The lowest BCUT2D eigenvalue weighted by Gasteiger charge is -2.42. The fourth-order valence-corrected chi connectivity index (χ4v) is 7.16. The molecule has 250 valence electrons. The van der Waals surface area contributed by atoms with Crippen LogP contribution in [-0.2, 0) is 20.8 Å². The van der Waals surface area contributed by atoms with Gasteiger partial charge in [0.2, 0.25) is 5.91 Å². The van der Waals surface area contributed by atoms with Crippen molar-refractivity contribution in [2.45, 2.75) is 31.7 Å². The Bertz CT molecular complexity index is 1810. The van der Waals surface area contributed by atoms with E-state index in [9.17, 15) is 28.7 Å². The highest BCUT2D eigenvalue weighted by atomic mass is 35.5. The van der Waals surface area contributed by atoms with Gasteiger partial charge in [0.05, 0.1) is 21.7 Å². The van der Waals surface area contributed by atoms with Crippen LogP contribution in [0.5, 0.6) is 0 Å². The maximum atomic E-state index is 14.5. The van der Waals surface area contributed by atoms with E-state index >= 15 is 0 Å². The Hall–Kier alpha value is -5.10.